The van der Waals surface area contributed by atoms with Gasteiger partial charge in [-0.3, -0.25) is 14.5 Å². The third-order valence-corrected chi connectivity index (χ3v) is 8.43. The molecular formula is C26H31N3O4S. The number of anilines is 1. The zero-order valence-electron chi connectivity index (χ0n) is 19.6. The predicted molar refractivity (Wildman–Crippen MR) is 132 cm³/mol. The minimum atomic E-state index is -3.56. The highest BCUT2D eigenvalue weighted by Gasteiger charge is 2.52. The van der Waals surface area contributed by atoms with E-state index in [1.54, 1.807) is 18.2 Å². The first-order valence-corrected chi connectivity index (χ1v) is 13.1. The summed E-state index contributed by atoms with van der Waals surface area (Å²) < 4.78 is 26.0. The lowest BCUT2D eigenvalue weighted by Gasteiger charge is -2.32. The van der Waals surface area contributed by atoms with Crippen LogP contribution in [0.3, 0.4) is 0 Å². The lowest BCUT2D eigenvalue weighted by molar-refractivity contribution is -0.142. The van der Waals surface area contributed by atoms with E-state index >= 15 is 0 Å². The normalized spacial score (nSPS) is 22.1. The van der Waals surface area contributed by atoms with E-state index in [4.69, 9.17) is 0 Å². The summed E-state index contributed by atoms with van der Waals surface area (Å²) in [5, 5.41) is 3.27. The number of hydrogen-bond donors (Lipinski definition) is 1. The van der Waals surface area contributed by atoms with E-state index in [9.17, 15) is 18.0 Å². The summed E-state index contributed by atoms with van der Waals surface area (Å²) >= 11 is 0. The van der Waals surface area contributed by atoms with Crippen LogP contribution in [-0.4, -0.2) is 55.1 Å². The Labute approximate surface area is 201 Å². The molecule has 8 heteroatoms. The highest BCUT2D eigenvalue weighted by atomic mass is 32.2. The number of carbonyl (C=O) groups excluding carboxylic acids is 2. The van der Waals surface area contributed by atoms with Gasteiger partial charge in [0.1, 0.15) is 5.54 Å². The number of likely N-dealkylation sites (tertiary alicyclic amines) is 1. The molecule has 1 saturated heterocycles. The fraction of sp³-hybridized carbons (Fsp3) is 0.385. The van der Waals surface area contributed by atoms with Gasteiger partial charge in [0.15, 0.2) is 0 Å². The van der Waals surface area contributed by atoms with Gasteiger partial charge in [-0.25, -0.2) is 12.7 Å². The third-order valence-electron chi connectivity index (χ3n) is 6.60. The number of benzene rings is 2. The zero-order valence-corrected chi connectivity index (χ0v) is 20.4. The Hall–Kier alpha value is -2.97. The van der Waals surface area contributed by atoms with E-state index in [1.165, 1.54) is 31.1 Å². The summed E-state index contributed by atoms with van der Waals surface area (Å²) in [4.78, 5) is 28.5. The summed E-state index contributed by atoms with van der Waals surface area (Å²) in [6, 6.07) is 15.8. The molecule has 4 rings (SSSR count). The number of nitrogens with zero attached hydrogens (tertiary/aromatic N) is 2. The average Bonchev–Trinajstić information content (AvgIpc) is 3.08. The first-order chi connectivity index (χ1) is 16.2. The van der Waals surface area contributed by atoms with Gasteiger partial charge in [-0.15, -0.1) is 0 Å². The van der Waals surface area contributed by atoms with E-state index in [2.05, 4.69) is 5.32 Å². The fourth-order valence-corrected chi connectivity index (χ4v) is 5.59. The van der Waals surface area contributed by atoms with Crippen molar-refractivity contribution in [3.05, 3.63) is 66.2 Å². The second-order valence-corrected chi connectivity index (χ2v) is 11.3. The van der Waals surface area contributed by atoms with Gasteiger partial charge in [-0.1, -0.05) is 55.7 Å². The standard InChI is InChI=1S/C26H31N3O4S/c1-28(2)34(32,33)23-15-13-21(14-16-23)27-26(18-17-20-9-5-3-6-10-20)19-24(30)29(25(26)31)22-11-7-4-8-12-22/h3,5-6,9-10,13-18,22,27H,4,7-8,11-12,19H2,1-2H3. The van der Waals surface area contributed by atoms with Gasteiger partial charge in [-0.2, -0.15) is 0 Å². The molecule has 7 nitrogen and oxygen atoms in total. The maximum Gasteiger partial charge on any atom is 0.259 e. The van der Waals surface area contributed by atoms with Gasteiger partial charge in [0.25, 0.3) is 5.91 Å². The second kappa shape index (κ2) is 9.72. The molecule has 1 aliphatic carbocycles. The van der Waals surface area contributed by atoms with E-state index in [1.807, 2.05) is 36.4 Å². The SMILES string of the molecule is CN(C)S(=O)(=O)c1ccc(NC2(C=Cc3ccccc3)CC(=O)N(C3CCCCC3)C2=O)cc1. The molecule has 0 spiro atoms. The van der Waals surface area contributed by atoms with Gasteiger partial charge in [-0.05, 0) is 48.7 Å². The second-order valence-electron chi connectivity index (χ2n) is 9.19. The van der Waals surface area contributed by atoms with Crippen molar-refractivity contribution in [2.45, 2.75) is 55.0 Å². The summed E-state index contributed by atoms with van der Waals surface area (Å²) in [5.41, 5.74) is 0.265. The van der Waals surface area contributed by atoms with E-state index < -0.39 is 15.6 Å². The van der Waals surface area contributed by atoms with Crippen LogP contribution in [0.4, 0.5) is 5.69 Å². The number of imide groups is 1. The molecule has 0 bridgehead atoms. The molecule has 2 aromatic carbocycles. The number of nitrogens with one attached hydrogen (secondary N) is 1. The molecule has 34 heavy (non-hydrogen) atoms. The van der Waals surface area contributed by atoms with Crippen LogP contribution in [0, 0.1) is 0 Å². The molecule has 1 aliphatic heterocycles. The average molecular weight is 482 g/mol. The maximum atomic E-state index is 13.8. The van der Waals surface area contributed by atoms with Crippen molar-refractivity contribution in [1.29, 1.82) is 0 Å². The Morgan fingerprint density at radius 3 is 2.24 bits per heavy atom. The summed E-state index contributed by atoms with van der Waals surface area (Å²) in [6.45, 7) is 0. The molecule has 0 radical (unpaired) electrons. The zero-order chi connectivity index (χ0) is 24.3. The predicted octanol–water partition coefficient (Wildman–Crippen LogP) is 3.89. The molecule has 1 saturated carbocycles. The lowest BCUT2D eigenvalue weighted by Crippen LogP contribution is -2.48. The number of sulfonamides is 1. The molecule has 1 N–H and O–H groups in total. The van der Waals surface area contributed by atoms with Crippen LogP contribution < -0.4 is 5.32 Å². The molecule has 180 valence electrons. The van der Waals surface area contributed by atoms with Gasteiger partial charge in [0.2, 0.25) is 15.9 Å². The molecular weight excluding hydrogens is 450 g/mol. The monoisotopic (exact) mass is 481 g/mol. The molecule has 2 fully saturated rings. The van der Waals surface area contributed by atoms with Gasteiger partial charge in [0, 0.05) is 25.8 Å². The Morgan fingerprint density at radius 2 is 1.62 bits per heavy atom. The Bertz CT molecular complexity index is 1170. The van der Waals surface area contributed by atoms with E-state index in [0.29, 0.717) is 5.69 Å². The Balaban J connectivity index is 1.67. The maximum absolute atomic E-state index is 13.8. The third kappa shape index (κ3) is 4.79. The van der Waals surface area contributed by atoms with Gasteiger partial charge >= 0.3 is 0 Å². The Morgan fingerprint density at radius 1 is 0.971 bits per heavy atom. The minimum absolute atomic E-state index is 0.0173. The highest BCUT2D eigenvalue weighted by molar-refractivity contribution is 7.89. The molecule has 1 atom stereocenters. The van der Waals surface area contributed by atoms with Crippen LogP contribution in [0.15, 0.2) is 65.6 Å². The topological polar surface area (TPSA) is 86.8 Å². The van der Waals surface area contributed by atoms with Crippen LogP contribution in [0.25, 0.3) is 6.08 Å². The van der Waals surface area contributed by atoms with E-state index in [-0.39, 0.29) is 29.2 Å². The molecule has 2 aromatic rings. The van der Waals surface area contributed by atoms with Crippen molar-refractivity contribution in [2.75, 3.05) is 19.4 Å². The van der Waals surface area contributed by atoms with Crippen molar-refractivity contribution in [3.63, 3.8) is 0 Å². The number of rotatable bonds is 7. The van der Waals surface area contributed by atoms with Crippen LogP contribution >= 0.6 is 0 Å². The van der Waals surface area contributed by atoms with Crippen LogP contribution in [0.5, 0.6) is 0 Å². The minimum Gasteiger partial charge on any atom is -0.368 e. The van der Waals surface area contributed by atoms with Crippen LogP contribution in [0.2, 0.25) is 0 Å². The molecule has 1 heterocycles. The van der Waals surface area contributed by atoms with Crippen molar-refractivity contribution >= 4 is 33.6 Å². The van der Waals surface area contributed by atoms with Crippen molar-refractivity contribution in [3.8, 4) is 0 Å². The van der Waals surface area contributed by atoms with E-state index in [0.717, 1.165) is 42.0 Å². The number of hydrogen-bond acceptors (Lipinski definition) is 5. The van der Waals surface area contributed by atoms with Crippen molar-refractivity contribution in [2.24, 2.45) is 0 Å². The highest BCUT2D eigenvalue weighted by Crippen LogP contribution is 2.35. The fourth-order valence-electron chi connectivity index (χ4n) is 4.69. The molecule has 2 aliphatic rings. The lowest BCUT2D eigenvalue weighted by atomic mass is 9.93. The smallest absolute Gasteiger partial charge is 0.259 e. The number of carbonyl (C=O) groups is 2. The summed E-state index contributed by atoms with van der Waals surface area (Å²) in [7, 11) is -0.604. The summed E-state index contributed by atoms with van der Waals surface area (Å²) in [6.07, 6.45) is 8.49. The Kier molecular flexibility index (Phi) is 6.91. The van der Waals surface area contributed by atoms with Crippen LogP contribution in [-0.2, 0) is 19.6 Å². The molecule has 0 aromatic heterocycles. The number of amides is 2. The van der Waals surface area contributed by atoms with Crippen LogP contribution in [0.1, 0.15) is 44.1 Å². The summed E-state index contributed by atoms with van der Waals surface area (Å²) in [5.74, 6) is -0.421. The largest absolute Gasteiger partial charge is 0.368 e. The van der Waals surface area contributed by atoms with Crippen molar-refractivity contribution in [1.82, 2.24) is 9.21 Å². The first kappa shape index (κ1) is 24.2. The molecule has 2 amide bonds. The quantitative estimate of drug-likeness (QED) is 0.607. The van der Waals surface area contributed by atoms with Gasteiger partial charge in [0.05, 0.1) is 11.3 Å². The van der Waals surface area contributed by atoms with Gasteiger partial charge < -0.3 is 5.32 Å². The van der Waals surface area contributed by atoms with Crippen molar-refractivity contribution < 1.29 is 18.0 Å². The molecule has 1 unspecified atom stereocenters. The first-order valence-electron chi connectivity index (χ1n) is 11.6.